The zero-order chi connectivity index (χ0) is 21.7. The number of pyridine rings is 1. The van der Waals surface area contributed by atoms with Gasteiger partial charge in [0.1, 0.15) is 11.3 Å². The van der Waals surface area contributed by atoms with Crippen LogP contribution in [-0.2, 0) is 6.42 Å². The molecular weight excluding hydrogens is 390 g/mol. The first-order chi connectivity index (χ1) is 14.9. The Kier molecular flexibility index (Phi) is 4.74. The summed E-state index contributed by atoms with van der Waals surface area (Å²) in [7, 11) is 2.15. The van der Waals surface area contributed by atoms with Crippen molar-refractivity contribution in [3.63, 3.8) is 0 Å². The largest absolute Gasteiger partial charge is 0.367 e. The van der Waals surface area contributed by atoms with Crippen molar-refractivity contribution in [2.45, 2.75) is 33.2 Å². The number of piperazine rings is 1. The maximum Gasteiger partial charge on any atom is 0.258 e. The van der Waals surface area contributed by atoms with Gasteiger partial charge in [0.2, 0.25) is 0 Å². The van der Waals surface area contributed by atoms with E-state index in [-0.39, 0.29) is 5.56 Å². The molecule has 5 heterocycles. The summed E-state index contributed by atoms with van der Waals surface area (Å²) in [6, 6.07) is 7.97. The fraction of sp³-hybridized carbons (Fsp3) is 0.391. The highest BCUT2D eigenvalue weighted by molar-refractivity contribution is 5.66. The predicted molar refractivity (Wildman–Crippen MR) is 122 cm³/mol. The molecule has 1 atom stereocenters. The topological polar surface area (TPSA) is 71.0 Å². The lowest BCUT2D eigenvalue weighted by Crippen LogP contribution is -2.50. The first kappa shape index (κ1) is 19.7. The van der Waals surface area contributed by atoms with Crippen molar-refractivity contribution in [3.8, 4) is 11.4 Å². The SMILES string of the molecule is CCc1nc(C)cn2nc(-c3cc(=O)n4cc(N5CCN(C)[C@H](C)C5)ccc4n3)cc12. The van der Waals surface area contributed by atoms with Crippen molar-refractivity contribution in [3.05, 3.63) is 58.4 Å². The Morgan fingerprint density at radius 1 is 1.10 bits per heavy atom. The van der Waals surface area contributed by atoms with Crippen LogP contribution in [0.5, 0.6) is 0 Å². The molecule has 0 bridgehead atoms. The molecule has 4 aromatic heterocycles. The fourth-order valence-corrected chi connectivity index (χ4v) is 4.26. The van der Waals surface area contributed by atoms with E-state index >= 15 is 0 Å². The number of likely N-dealkylation sites (N-methyl/N-ethyl adjacent to an activating group) is 1. The van der Waals surface area contributed by atoms with Crippen molar-refractivity contribution >= 4 is 16.9 Å². The lowest BCUT2D eigenvalue weighted by Gasteiger charge is -2.39. The first-order valence-corrected chi connectivity index (χ1v) is 10.8. The van der Waals surface area contributed by atoms with Gasteiger partial charge in [0, 0.05) is 37.9 Å². The van der Waals surface area contributed by atoms with Gasteiger partial charge in [-0.1, -0.05) is 6.92 Å². The first-order valence-electron chi connectivity index (χ1n) is 10.8. The molecule has 8 nitrogen and oxygen atoms in total. The highest BCUT2D eigenvalue weighted by Crippen LogP contribution is 2.22. The van der Waals surface area contributed by atoms with E-state index in [1.54, 1.807) is 10.5 Å². The van der Waals surface area contributed by atoms with Crippen LogP contribution in [0.2, 0.25) is 0 Å². The van der Waals surface area contributed by atoms with Gasteiger partial charge in [0.25, 0.3) is 5.56 Å². The number of hydrogen-bond acceptors (Lipinski definition) is 6. The number of rotatable bonds is 3. The highest BCUT2D eigenvalue weighted by Gasteiger charge is 2.21. The lowest BCUT2D eigenvalue weighted by molar-refractivity contribution is 0.234. The molecule has 8 heteroatoms. The van der Waals surface area contributed by atoms with Crippen LogP contribution >= 0.6 is 0 Å². The molecular formula is C23H27N7O. The van der Waals surface area contributed by atoms with E-state index in [2.05, 4.69) is 46.8 Å². The van der Waals surface area contributed by atoms with Gasteiger partial charge in [-0.25, -0.2) is 9.50 Å². The zero-order valence-electron chi connectivity index (χ0n) is 18.4. The maximum atomic E-state index is 13.0. The molecule has 1 fully saturated rings. The average molecular weight is 418 g/mol. The Balaban J connectivity index is 1.55. The second-order valence-corrected chi connectivity index (χ2v) is 8.41. The zero-order valence-corrected chi connectivity index (χ0v) is 18.4. The quantitative estimate of drug-likeness (QED) is 0.510. The van der Waals surface area contributed by atoms with Crippen molar-refractivity contribution in [2.75, 3.05) is 31.6 Å². The summed E-state index contributed by atoms with van der Waals surface area (Å²) in [6.07, 6.45) is 4.62. The minimum Gasteiger partial charge on any atom is -0.367 e. The van der Waals surface area contributed by atoms with E-state index in [1.165, 1.54) is 0 Å². The molecule has 4 aromatic rings. The molecule has 0 amide bonds. The van der Waals surface area contributed by atoms with Crippen molar-refractivity contribution in [1.82, 2.24) is 28.9 Å². The Morgan fingerprint density at radius 2 is 1.94 bits per heavy atom. The molecule has 160 valence electrons. The van der Waals surface area contributed by atoms with Gasteiger partial charge in [-0.3, -0.25) is 14.2 Å². The highest BCUT2D eigenvalue weighted by atomic mass is 16.1. The summed E-state index contributed by atoms with van der Waals surface area (Å²) < 4.78 is 3.46. The molecule has 0 aliphatic carbocycles. The van der Waals surface area contributed by atoms with Crippen LogP contribution in [0.3, 0.4) is 0 Å². The van der Waals surface area contributed by atoms with Gasteiger partial charge in [0.05, 0.1) is 34.5 Å². The second kappa shape index (κ2) is 7.46. The Hall–Kier alpha value is -3.26. The molecule has 31 heavy (non-hydrogen) atoms. The number of fused-ring (bicyclic) bond motifs is 2. The predicted octanol–water partition coefficient (Wildman–Crippen LogP) is 2.42. The van der Waals surface area contributed by atoms with Crippen LogP contribution in [0.4, 0.5) is 5.69 Å². The number of aromatic nitrogens is 5. The van der Waals surface area contributed by atoms with Crippen LogP contribution in [0.25, 0.3) is 22.6 Å². The van der Waals surface area contributed by atoms with Crippen LogP contribution in [-0.4, -0.2) is 61.6 Å². The van der Waals surface area contributed by atoms with Crippen LogP contribution in [0, 0.1) is 6.92 Å². The van der Waals surface area contributed by atoms with E-state index in [1.807, 2.05) is 36.0 Å². The Labute approximate surface area is 180 Å². The molecule has 5 rings (SSSR count). The van der Waals surface area contributed by atoms with Crippen molar-refractivity contribution in [2.24, 2.45) is 0 Å². The van der Waals surface area contributed by atoms with Crippen LogP contribution in [0.15, 0.2) is 41.5 Å². The molecule has 0 aromatic carbocycles. The second-order valence-electron chi connectivity index (χ2n) is 8.41. The normalized spacial score (nSPS) is 17.7. The molecule has 0 unspecified atom stereocenters. The number of nitrogens with zero attached hydrogens (tertiary/aromatic N) is 7. The van der Waals surface area contributed by atoms with E-state index in [0.29, 0.717) is 23.1 Å². The lowest BCUT2D eigenvalue weighted by atomic mass is 10.2. The molecule has 1 aliphatic rings. The maximum absolute atomic E-state index is 13.0. The summed E-state index contributed by atoms with van der Waals surface area (Å²) in [5.41, 5.74) is 5.67. The third-order valence-electron chi connectivity index (χ3n) is 6.22. The molecule has 1 saturated heterocycles. The van der Waals surface area contributed by atoms with Gasteiger partial charge >= 0.3 is 0 Å². The third kappa shape index (κ3) is 3.46. The summed E-state index contributed by atoms with van der Waals surface area (Å²) >= 11 is 0. The minimum atomic E-state index is -0.105. The van der Waals surface area contributed by atoms with Crippen LogP contribution < -0.4 is 10.5 Å². The standard InChI is InChI=1S/C23H27N7O/c1-5-18-21-10-20(26-30(21)12-15(2)24-18)19-11-23(31)29-14-17(6-7-22(29)25-19)28-9-8-27(4)16(3)13-28/h6-7,10-12,14,16H,5,8-9,13H2,1-4H3/t16-/m1/s1. The Bertz CT molecular complexity index is 1340. The molecule has 1 aliphatic heterocycles. The molecule has 0 saturated carbocycles. The minimum absolute atomic E-state index is 0.105. The molecule has 0 N–H and O–H groups in total. The van der Waals surface area contributed by atoms with E-state index < -0.39 is 0 Å². The van der Waals surface area contributed by atoms with Crippen molar-refractivity contribution in [1.29, 1.82) is 0 Å². The summed E-state index contributed by atoms with van der Waals surface area (Å²) in [6.45, 7) is 9.15. The van der Waals surface area contributed by atoms with Crippen LogP contribution in [0.1, 0.15) is 25.2 Å². The van der Waals surface area contributed by atoms with Gasteiger partial charge < -0.3 is 9.80 Å². The van der Waals surface area contributed by atoms with Crippen molar-refractivity contribution < 1.29 is 0 Å². The van der Waals surface area contributed by atoms with Gasteiger partial charge in [-0.15, -0.1) is 0 Å². The molecule has 0 spiro atoms. The van der Waals surface area contributed by atoms with E-state index in [4.69, 9.17) is 4.98 Å². The Morgan fingerprint density at radius 3 is 2.71 bits per heavy atom. The van der Waals surface area contributed by atoms with E-state index in [9.17, 15) is 4.79 Å². The number of anilines is 1. The third-order valence-corrected chi connectivity index (χ3v) is 6.22. The number of aryl methyl sites for hydroxylation is 2. The summed E-state index contributed by atoms with van der Waals surface area (Å²) in [5, 5.41) is 4.66. The monoisotopic (exact) mass is 417 g/mol. The van der Waals surface area contributed by atoms with Gasteiger partial charge in [-0.2, -0.15) is 5.10 Å². The smallest absolute Gasteiger partial charge is 0.258 e. The molecule has 0 radical (unpaired) electrons. The van der Waals surface area contributed by atoms with E-state index in [0.717, 1.165) is 48.6 Å². The number of hydrogen-bond donors (Lipinski definition) is 0. The summed E-state index contributed by atoms with van der Waals surface area (Å²) in [5.74, 6) is 0. The summed E-state index contributed by atoms with van der Waals surface area (Å²) in [4.78, 5) is 27.0. The fourth-order valence-electron chi connectivity index (χ4n) is 4.26. The van der Waals surface area contributed by atoms with Gasteiger partial charge in [-0.05, 0) is 45.5 Å². The average Bonchev–Trinajstić information content (AvgIpc) is 3.19. The van der Waals surface area contributed by atoms with Gasteiger partial charge in [0.15, 0.2) is 0 Å².